The number of aryl methyl sites for hydroxylation is 1. The molecule has 1 aromatic rings. The fourth-order valence-corrected chi connectivity index (χ4v) is 1.74. The Hall–Kier alpha value is -0.960. The van der Waals surface area contributed by atoms with E-state index in [0.717, 1.165) is 12.0 Å². The highest BCUT2D eigenvalue weighted by molar-refractivity contribution is 7.80. The number of hydrogen-bond donors (Lipinski definition) is 2. The van der Waals surface area contributed by atoms with Gasteiger partial charge in [-0.05, 0) is 30.2 Å². The summed E-state index contributed by atoms with van der Waals surface area (Å²) in [5.41, 5.74) is 2.46. The Labute approximate surface area is 103 Å². The normalized spacial score (nSPS) is 12.2. The minimum Gasteiger partial charge on any atom is -0.350 e. The smallest absolute Gasteiger partial charge is 0.221 e. The van der Waals surface area contributed by atoms with Gasteiger partial charge in [-0.25, -0.2) is 0 Å². The van der Waals surface area contributed by atoms with Crippen LogP contribution in [0.25, 0.3) is 0 Å². The van der Waals surface area contributed by atoms with Crippen LogP contribution in [0.4, 0.5) is 0 Å². The first kappa shape index (κ1) is 13.1. The molecular weight excluding hydrogens is 218 g/mol. The van der Waals surface area contributed by atoms with E-state index >= 15 is 0 Å². The Morgan fingerprint density at radius 1 is 1.38 bits per heavy atom. The second-order valence-corrected chi connectivity index (χ2v) is 4.31. The number of rotatable bonds is 5. The van der Waals surface area contributed by atoms with Crippen LogP contribution in [0.2, 0.25) is 0 Å². The van der Waals surface area contributed by atoms with Gasteiger partial charge in [0.1, 0.15) is 0 Å². The van der Waals surface area contributed by atoms with Gasteiger partial charge in [0.15, 0.2) is 0 Å². The summed E-state index contributed by atoms with van der Waals surface area (Å²) < 4.78 is 0. The Morgan fingerprint density at radius 2 is 2.00 bits per heavy atom. The summed E-state index contributed by atoms with van der Waals surface area (Å²) in [6.45, 7) is 4.13. The van der Waals surface area contributed by atoms with Crippen LogP contribution in [-0.2, 0) is 11.2 Å². The average Bonchev–Trinajstić information content (AvgIpc) is 2.29. The van der Waals surface area contributed by atoms with Crippen molar-refractivity contribution < 1.29 is 4.79 Å². The van der Waals surface area contributed by atoms with E-state index in [1.54, 1.807) is 0 Å². The molecule has 0 fully saturated rings. The summed E-state index contributed by atoms with van der Waals surface area (Å²) in [6, 6.07) is 8.43. The minimum absolute atomic E-state index is 0.0575. The molecule has 16 heavy (non-hydrogen) atoms. The van der Waals surface area contributed by atoms with Gasteiger partial charge in [0.25, 0.3) is 0 Å². The van der Waals surface area contributed by atoms with Gasteiger partial charge in [-0.15, -0.1) is 0 Å². The van der Waals surface area contributed by atoms with Crippen LogP contribution in [0.5, 0.6) is 0 Å². The lowest BCUT2D eigenvalue weighted by atomic mass is 10.0. The van der Waals surface area contributed by atoms with Crippen LogP contribution in [0.15, 0.2) is 24.3 Å². The SMILES string of the molecule is CCc1ccc(C(C)NC(=O)CCS)cc1. The van der Waals surface area contributed by atoms with E-state index in [-0.39, 0.29) is 11.9 Å². The number of carbonyl (C=O) groups is 1. The Balaban J connectivity index is 2.58. The van der Waals surface area contributed by atoms with Crippen LogP contribution in [0.3, 0.4) is 0 Å². The average molecular weight is 237 g/mol. The summed E-state index contributed by atoms with van der Waals surface area (Å²) in [4.78, 5) is 11.4. The fraction of sp³-hybridized carbons (Fsp3) is 0.462. The van der Waals surface area contributed by atoms with Crippen molar-refractivity contribution in [2.24, 2.45) is 0 Å². The quantitative estimate of drug-likeness (QED) is 0.758. The Morgan fingerprint density at radius 3 is 2.50 bits per heavy atom. The molecule has 1 amide bonds. The first-order chi connectivity index (χ1) is 7.67. The Kier molecular flexibility index (Phi) is 5.39. The third-order valence-electron chi connectivity index (χ3n) is 2.60. The lowest BCUT2D eigenvalue weighted by Crippen LogP contribution is -2.26. The van der Waals surface area contributed by atoms with E-state index in [1.165, 1.54) is 5.56 Å². The third-order valence-corrected chi connectivity index (χ3v) is 2.83. The maximum absolute atomic E-state index is 11.4. The topological polar surface area (TPSA) is 29.1 Å². The molecule has 0 spiro atoms. The molecule has 0 saturated carbocycles. The van der Waals surface area contributed by atoms with E-state index in [1.807, 2.05) is 6.92 Å². The predicted molar refractivity (Wildman–Crippen MR) is 70.8 cm³/mol. The summed E-state index contributed by atoms with van der Waals surface area (Å²) in [6.07, 6.45) is 1.52. The van der Waals surface area contributed by atoms with Gasteiger partial charge in [0, 0.05) is 6.42 Å². The number of carbonyl (C=O) groups excluding carboxylic acids is 1. The molecular formula is C13H19NOS. The molecule has 0 aliphatic heterocycles. The van der Waals surface area contributed by atoms with E-state index in [4.69, 9.17) is 0 Å². The summed E-state index contributed by atoms with van der Waals surface area (Å²) in [5, 5.41) is 2.95. The van der Waals surface area contributed by atoms with Crippen molar-refractivity contribution in [3.63, 3.8) is 0 Å². The Bertz CT molecular complexity index is 334. The van der Waals surface area contributed by atoms with Crippen molar-refractivity contribution in [3.05, 3.63) is 35.4 Å². The standard InChI is InChI=1S/C13H19NOS/c1-3-11-4-6-12(7-5-11)10(2)14-13(15)8-9-16/h4-7,10,16H,3,8-9H2,1-2H3,(H,14,15). The van der Waals surface area contributed by atoms with E-state index < -0.39 is 0 Å². The molecule has 1 unspecified atom stereocenters. The summed E-state index contributed by atoms with van der Waals surface area (Å²) >= 11 is 4.03. The largest absolute Gasteiger partial charge is 0.350 e. The van der Waals surface area contributed by atoms with Crippen molar-refractivity contribution in [2.45, 2.75) is 32.7 Å². The number of hydrogen-bond acceptors (Lipinski definition) is 2. The lowest BCUT2D eigenvalue weighted by Gasteiger charge is -2.14. The highest BCUT2D eigenvalue weighted by Crippen LogP contribution is 2.13. The van der Waals surface area contributed by atoms with Gasteiger partial charge in [0.2, 0.25) is 5.91 Å². The van der Waals surface area contributed by atoms with Crippen molar-refractivity contribution in [1.82, 2.24) is 5.32 Å². The molecule has 88 valence electrons. The first-order valence-corrected chi connectivity index (χ1v) is 6.29. The first-order valence-electron chi connectivity index (χ1n) is 5.66. The van der Waals surface area contributed by atoms with Crippen molar-refractivity contribution >= 4 is 18.5 Å². The zero-order valence-corrected chi connectivity index (χ0v) is 10.8. The molecule has 0 heterocycles. The van der Waals surface area contributed by atoms with Crippen LogP contribution in [0, 0.1) is 0 Å². The van der Waals surface area contributed by atoms with Crippen molar-refractivity contribution in [2.75, 3.05) is 5.75 Å². The van der Waals surface area contributed by atoms with E-state index in [2.05, 4.69) is 49.1 Å². The summed E-state index contributed by atoms with van der Waals surface area (Å²) in [5.74, 6) is 0.648. The monoisotopic (exact) mass is 237 g/mol. The predicted octanol–water partition coefficient (Wildman–Crippen LogP) is 2.75. The van der Waals surface area contributed by atoms with Gasteiger partial charge in [0.05, 0.1) is 6.04 Å². The molecule has 1 N–H and O–H groups in total. The van der Waals surface area contributed by atoms with E-state index in [0.29, 0.717) is 12.2 Å². The zero-order chi connectivity index (χ0) is 12.0. The maximum atomic E-state index is 11.4. The van der Waals surface area contributed by atoms with Gasteiger partial charge in [-0.3, -0.25) is 4.79 Å². The molecule has 1 aromatic carbocycles. The molecule has 0 radical (unpaired) electrons. The third kappa shape index (κ3) is 3.89. The summed E-state index contributed by atoms with van der Waals surface area (Å²) in [7, 11) is 0. The molecule has 2 nitrogen and oxygen atoms in total. The number of amides is 1. The fourth-order valence-electron chi connectivity index (χ4n) is 1.54. The van der Waals surface area contributed by atoms with E-state index in [9.17, 15) is 4.79 Å². The number of nitrogens with one attached hydrogen (secondary N) is 1. The van der Waals surface area contributed by atoms with Gasteiger partial charge in [-0.2, -0.15) is 12.6 Å². The van der Waals surface area contributed by atoms with Crippen LogP contribution >= 0.6 is 12.6 Å². The van der Waals surface area contributed by atoms with Gasteiger partial charge < -0.3 is 5.32 Å². The van der Waals surface area contributed by atoms with Crippen molar-refractivity contribution in [3.8, 4) is 0 Å². The van der Waals surface area contributed by atoms with Crippen LogP contribution in [0.1, 0.15) is 37.4 Å². The van der Waals surface area contributed by atoms with Gasteiger partial charge >= 0.3 is 0 Å². The molecule has 1 rings (SSSR count). The maximum Gasteiger partial charge on any atom is 0.221 e. The number of benzene rings is 1. The second-order valence-electron chi connectivity index (χ2n) is 3.86. The molecule has 0 aliphatic carbocycles. The highest BCUT2D eigenvalue weighted by Gasteiger charge is 2.08. The highest BCUT2D eigenvalue weighted by atomic mass is 32.1. The van der Waals surface area contributed by atoms with Crippen LogP contribution in [-0.4, -0.2) is 11.7 Å². The molecule has 3 heteroatoms. The molecule has 0 bridgehead atoms. The molecule has 0 aliphatic rings. The number of thiol groups is 1. The van der Waals surface area contributed by atoms with Crippen LogP contribution < -0.4 is 5.32 Å². The second kappa shape index (κ2) is 6.59. The lowest BCUT2D eigenvalue weighted by molar-refractivity contribution is -0.121. The van der Waals surface area contributed by atoms with Gasteiger partial charge in [-0.1, -0.05) is 31.2 Å². The minimum atomic E-state index is 0.0575. The zero-order valence-electron chi connectivity index (χ0n) is 9.86. The molecule has 1 atom stereocenters. The van der Waals surface area contributed by atoms with Crippen molar-refractivity contribution in [1.29, 1.82) is 0 Å². The molecule has 0 saturated heterocycles. The molecule has 0 aromatic heterocycles.